The van der Waals surface area contributed by atoms with Crippen LogP contribution < -0.4 is 10.5 Å². The Labute approximate surface area is 130 Å². The maximum Gasteiger partial charge on any atom is 0.243 e. The van der Waals surface area contributed by atoms with Crippen molar-refractivity contribution in [2.75, 3.05) is 24.7 Å². The summed E-state index contributed by atoms with van der Waals surface area (Å²) in [7, 11) is -3.47. The van der Waals surface area contributed by atoms with Crippen LogP contribution in [-0.2, 0) is 16.6 Å². The molecule has 2 rings (SSSR count). The van der Waals surface area contributed by atoms with E-state index in [1.807, 2.05) is 13.8 Å². The Balaban J connectivity index is 2.35. The number of rotatable bonds is 5. The maximum absolute atomic E-state index is 12.8. The minimum absolute atomic E-state index is 0.0154. The molecule has 1 fully saturated rings. The zero-order valence-corrected chi connectivity index (χ0v) is 14.0. The SMILES string of the molecule is CCOc1ccc(S(=O)(=O)N2CCSCC2C)cc1CN. The predicted octanol–water partition coefficient (Wildman–Crippen LogP) is 1.67. The lowest BCUT2D eigenvalue weighted by atomic mass is 10.2. The number of nitrogens with two attached hydrogens (primary N) is 1. The Morgan fingerprint density at radius 3 is 2.86 bits per heavy atom. The van der Waals surface area contributed by atoms with Gasteiger partial charge in [0.25, 0.3) is 0 Å². The van der Waals surface area contributed by atoms with Crippen molar-refractivity contribution in [3.8, 4) is 5.75 Å². The van der Waals surface area contributed by atoms with Crippen LogP contribution >= 0.6 is 11.8 Å². The molecule has 5 nitrogen and oxygen atoms in total. The van der Waals surface area contributed by atoms with Crippen molar-refractivity contribution < 1.29 is 13.2 Å². The molecule has 1 atom stereocenters. The van der Waals surface area contributed by atoms with Crippen LogP contribution in [0, 0.1) is 0 Å². The summed E-state index contributed by atoms with van der Waals surface area (Å²) in [5.74, 6) is 2.32. The van der Waals surface area contributed by atoms with Gasteiger partial charge in [-0.1, -0.05) is 0 Å². The Hall–Kier alpha value is -0.760. The summed E-state index contributed by atoms with van der Waals surface area (Å²) in [6, 6.07) is 4.95. The molecular weight excluding hydrogens is 308 g/mol. The van der Waals surface area contributed by atoms with Crippen molar-refractivity contribution in [2.24, 2.45) is 5.73 Å². The van der Waals surface area contributed by atoms with Gasteiger partial charge in [-0.15, -0.1) is 0 Å². The third kappa shape index (κ3) is 3.53. The second kappa shape index (κ2) is 7.00. The lowest BCUT2D eigenvalue weighted by Gasteiger charge is -2.32. The third-order valence-electron chi connectivity index (χ3n) is 3.46. The van der Waals surface area contributed by atoms with E-state index in [-0.39, 0.29) is 12.6 Å². The van der Waals surface area contributed by atoms with Crippen molar-refractivity contribution >= 4 is 21.8 Å². The molecule has 0 spiro atoms. The molecule has 1 heterocycles. The van der Waals surface area contributed by atoms with E-state index >= 15 is 0 Å². The van der Waals surface area contributed by atoms with E-state index in [0.717, 1.165) is 17.1 Å². The molecule has 21 heavy (non-hydrogen) atoms. The average Bonchev–Trinajstić information content (AvgIpc) is 2.48. The molecule has 0 aliphatic carbocycles. The van der Waals surface area contributed by atoms with Crippen molar-refractivity contribution in [2.45, 2.75) is 31.3 Å². The Kier molecular flexibility index (Phi) is 5.54. The number of ether oxygens (including phenoxy) is 1. The van der Waals surface area contributed by atoms with Crippen LogP contribution in [-0.4, -0.2) is 43.4 Å². The van der Waals surface area contributed by atoms with Crippen LogP contribution in [0.2, 0.25) is 0 Å². The summed E-state index contributed by atoms with van der Waals surface area (Å²) in [5, 5.41) is 0. The van der Waals surface area contributed by atoms with Crippen molar-refractivity contribution in [1.29, 1.82) is 0 Å². The first-order valence-electron chi connectivity index (χ1n) is 7.06. The van der Waals surface area contributed by atoms with Gasteiger partial charge < -0.3 is 10.5 Å². The normalized spacial score (nSPS) is 20.4. The summed E-state index contributed by atoms with van der Waals surface area (Å²) in [4.78, 5) is 0.296. The van der Waals surface area contributed by atoms with Gasteiger partial charge in [0, 0.05) is 36.2 Å². The monoisotopic (exact) mass is 330 g/mol. The highest BCUT2D eigenvalue weighted by atomic mass is 32.2. The molecule has 1 saturated heterocycles. The molecule has 7 heteroatoms. The van der Waals surface area contributed by atoms with Crippen LogP contribution in [0.1, 0.15) is 19.4 Å². The van der Waals surface area contributed by atoms with Gasteiger partial charge in [-0.3, -0.25) is 0 Å². The highest BCUT2D eigenvalue weighted by molar-refractivity contribution is 7.99. The lowest BCUT2D eigenvalue weighted by molar-refractivity contribution is 0.336. The van der Waals surface area contributed by atoms with E-state index in [4.69, 9.17) is 10.5 Å². The summed E-state index contributed by atoms with van der Waals surface area (Å²) >= 11 is 1.79. The zero-order valence-electron chi connectivity index (χ0n) is 12.4. The number of thioether (sulfide) groups is 1. The first-order chi connectivity index (χ1) is 10.0. The van der Waals surface area contributed by atoms with Crippen molar-refractivity contribution in [3.63, 3.8) is 0 Å². The van der Waals surface area contributed by atoms with E-state index in [0.29, 0.717) is 23.8 Å². The van der Waals surface area contributed by atoms with Crippen LogP contribution in [0.25, 0.3) is 0 Å². The van der Waals surface area contributed by atoms with Crippen molar-refractivity contribution in [3.05, 3.63) is 23.8 Å². The van der Waals surface area contributed by atoms with Crippen LogP contribution in [0.15, 0.2) is 23.1 Å². The van der Waals surface area contributed by atoms with Gasteiger partial charge in [0.05, 0.1) is 11.5 Å². The molecule has 0 aromatic heterocycles. The van der Waals surface area contributed by atoms with E-state index in [2.05, 4.69) is 0 Å². The smallest absolute Gasteiger partial charge is 0.243 e. The largest absolute Gasteiger partial charge is 0.494 e. The fraction of sp³-hybridized carbons (Fsp3) is 0.571. The van der Waals surface area contributed by atoms with Gasteiger partial charge in [-0.2, -0.15) is 16.1 Å². The molecule has 118 valence electrons. The van der Waals surface area contributed by atoms with Crippen molar-refractivity contribution in [1.82, 2.24) is 4.31 Å². The Morgan fingerprint density at radius 2 is 2.24 bits per heavy atom. The van der Waals surface area contributed by atoms with E-state index in [1.165, 1.54) is 0 Å². The Bertz CT molecular complexity index is 590. The first-order valence-corrected chi connectivity index (χ1v) is 9.65. The fourth-order valence-electron chi connectivity index (χ4n) is 2.38. The van der Waals surface area contributed by atoms with Gasteiger partial charge in [0.2, 0.25) is 10.0 Å². The van der Waals surface area contributed by atoms with Gasteiger partial charge in [-0.05, 0) is 32.0 Å². The summed E-state index contributed by atoms with van der Waals surface area (Å²) in [6.45, 7) is 5.17. The molecule has 2 N–H and O–H groups in total. The van der Waals surface area contributed by atoms with E-state index in [9.17, 15) is 8.42 Å². The molecule has 1 aromatic carbocycles. The van der Waals surface area contributed by atoms with Crippen LogP contribution in [0.4, 0.5) is 0 Å². The number of benzene rings is 1. The molecule has 0 radical (unpaired) electrons. The number of hydrogen-bond acceptors (Lipinski definition) is 5. The van der Waals surface area contributed by atoms with Gasteiger partial charge in [-0.25, -0.2) is 8.42 Å². The van der Waals surface area contributed by atoms with Gasteiger partial charge in [0.1, 0.15) is 5.75 Å². The van der Waals surface area contributed by atoms with Gasteiger partial charge in [0.15, 0.2) is 0 Å². The Morgan fingerprint density at radius 1 is 1.48 bits per heavy atom. The fourth-order valence-corrected chi connectivity index (χ4v) is 5.28. The molecule has 1 aliphatic heterocycles. The lowest BCUT2D eigenvalue weighted by Crippen LogP contribution is -2.44. The van der Waals surface area contributed by atoms with E-state index in [1.54, 1.807) is 34.3 Å². The summed E-state index contributed by atoms with van der Waals surface area (Å²) in [6.07, 6.45) is 0. The topological polar surface area (TPSA) is 72.6 Å². The first kappa shape index (κ1) is 16.6. The van der Waals surface area contributed by atoms with Gasteiger partial charge >= 0.3 is 0 Å². The van der Waals surface area contributed by atoms with E-state index < -0.39 is 10.0 Å². The molecular formula is C14H22N2O3S2. The second-order valence-electron chi connectivity index (χ2n) is 4.95. The quantitative estimate of drug-likeness (QED) is 0.889. The minimum Gasteiger partial charge on any atom is -0.494 e. The zero-order chi connectivity index (χ0) is 15.5. The number of nitrogens with zero attached hydrogens (tertiary/aromatic N) is 1. The minimum atomic E-state index is -3.47. The maximum atomic E-state index is 12.8. The summed E-state index contributed by atoms with van der Waals surface area (Å²) in [5.41, 5.74) is 6.43. The number of hydrogen-bond donors (Lipinski definition) is 1. The summed E-state index contributed by atoms with van der Waals surface area (Å²) < 4.78 is 32.6. The highest BCUT2D eigenvalue weighted by Gasteiger charge is 2.31. The number of sulfonamides is 1. The van der Waals surface area contributed by atoms with Crippen LogP contribution in [0.5, 0.6) is 5.75 Å². The molecule has 0 amide bonds. The molecule has 0 bridgehead atoms. The standard InChI is InChI=1S/C14H22N2O3S2/c1-3-19-14-5-4-13(8-12(14)9-15)21(17,18)16-6-7-20-10-11(16)2/h4-5,8,11H,3,6-7,9-10,15H2,1-2H3. The molecule has 1 unspecified atom stereocenters. The third-order valence-corrected chi connectivity index (χ3v) is 6.66. The molecule has 0 saturated carbocycles. The van der Waals surface area contributed by atoms with Crippen LogP contribution in [0.3, 0.4) is 0 Å². The highest BCUT2D eigenvalue weighted by Crippen LogP contribution is 2.28. The molecule has 1 aliphatic rings. The molecule has 1 aromatic rings. The second-order valence-corrected chi connectivity index (χ2v) is 7.99. The average molecular weight is 330 g/mol. The predicted molar refractivity (Wildman–Crippen MR) is 86.2 cm³/mol.